The van der Waals surface area contributed by atoms with Gasteiger partial charge in [-0.3, -0.25) is 9.59 Å². The molecule has 0 bridgehead atoms. The number of carbonyl (C=O) groups is 2. The Kier molecular flexibility index (Phi) is 3.91. The molecule has 0 aromatic carbocycles. The first-order chi connectivity index (χ1) is 6.57. The van der Waals surface area contributed by atoms with E-state index < -0.39 is 11.4 Å². The average molecular weight is 215 g/mol. The first kappa shape index (κ1) is 13.9. The molecule has 0 unspecified atom stereocenters. The summed E-state index contributed by atoms with van der Waals surface area (Å²) in [6.07, 6.45) is 0.783. The first-order valence-electron chi connectivity index (χ1n) is 5.09. The van der Waals surface area contributed by atoms with E-state index >= 15 is 0 Å². The molecule has 0 heterocycles. The quantitative estimate of drug-likeness (QED) is 0.727. The van der Waals surface area contributed by atoms with E-state index in [0.717, 1.165) is 6.42 Å². The van der Waals surface area contributed by atoms with Crippen LogP contribution in [0.5, 0.6) is 0 Å². The van der Waals surface area contributed by atoms with Crippen molar-refractivity contribution in [1.29, 1.82) is 0 Å². The highest BCUT2D eigenvalue weighted by molar-refractivity contribution is 6.01. The van der Waals surface area contributed by atoms with Crippen LogP contribution in [-0.4, -0.2) is 34.5 Å². The summed E-state index contributed by atoms with van der Waals surface area (Å²) in [4.78, 5) is 24.4. The fourth-order valence-electron chi connectivity index (χ4n) is 1.02. The Bertz CT molecular complexity index is 269. The average Bonchev–Trinajstić information content (AvgIpc) is 2.15. The van der Waals surface area contributed by atoms with E-state index in [4.69, 9.17) is 5.11 Å². The van der Waals surface area contributed by atoms with Crippen molar-refractivity contribution in [2.45, 2.75) is 46.6 Å². The molecule has 0 aliphatic heterocycles. The van der Waals surface area contributed by atoms with Gasteiger partial charge in [-0.2, -0.15) is 0 Å². The normalized spacial score (nSPS) is 12.4. The summed E-state index contributed by atoms with van der Waals surface area (Å²) in [5, 5.41) is 8.95. The van der Waals surface area contributed by atoms with Gasteiger partial charge in [0.1, 0.15) is 5.41 Å². The SMILES string of the molecule is CCC(C)(C)N(C)C(=O)C(C)(C)C(=O)O. The molecule has 0 saturated carbocycles. The van der Waals surface area contributed by atoms with E-state index in [1.165, 1.54) is 18.7 Å². The summed E-state index contributed by atoms with van der Waals surface area (Å²) in [5.74, 6) is -1.45. The van der Waals surface area contributed by atoms with Crippen molar-refractivity contribution in [2.75, 3.05) is 7.05 Å². The molecule has 0 saturated heterocycles. The zero-order valence-electron chi connectivity index (χ0n) is 10.4. The molecule has 1 amide bonds. The van der Waals surface area contributed by atoms with Crippen molar-refractivity contribution in [3.05, 3.63) is 0 Å². The third kappa shape index (κ3) is 2.70. The Balaban J connectivity index is 4.96. The molecule has 0 aliphatic rings. The first-order valence-corrected chi connectivity index (χ1v) is 5.09. The Morgan fingerprint density at radius 3 is 1.87 bits per heavy atom. The van der Waals surface area contributed by atoms with Gasteiger partial charge in [0, 0.05) is 12.6 Å². The Hall–Kier alpha value is -1.06. The molecule has 0 spiro atoms. The van der Waals surface area contributed by atoms with Crippen LogP contribution in [0.15, 0.2) is 0 Å². The van der Waals surface area contributed by atoms with Gasteiger partial charge in [0.25, 0.3) is 0 Å². The van der Waals surface area contributed by atoms with Crippen LogP contribution in [0, 0.1) is 5.41 Å². The molecule has 88 valence electrons. The number of nitrogens with zero attached hydrogens (tertiary/aromatic N) is 1. The van der Waals surface area contributed by atoms with Gasteiger partial charge in [0.05, 0.1) is 0 Å². The van der Waals surface area contributed by atoms with E-state index in [9.17, 15) is 9.59 Å². The number of carboxylic acids is 1. The lowest BCUT2D eigenvalue weighted by Gasteiger charge is -2.38. The van der Waals surface area contributed by atoms with Crippen LogP contribution >= 0.6 is 0 Å². The maximum absolute atomic E-state index is 12.0. The van der Waals surface area contributed by atoms with Gasteiger partial charge in [0.2, 0.25) is 5.91 Å². The summed E-state index contributed by atoms with van der Waals surface area (Å²) in [7, 11) is 1.65. The molecule has 0 radical (unpaired) electrons. The second kappa shape index (κ2) is 4.21. The lowest BCUT2D eigenvalue weighted by Crippen LogP contribution is -2.52. The minimum Gasteiger partial charge on any atom is -0.480 e. The molecule has 0 atom stereocenters. The molecule has 4 heteroatoms. The van der Waals surface area contributed by atoms with Crippen LogP contribution < -0.4 is 0 Å². The number of aliphatic carboxylic acids is 1. The fourth-order valence-corrected chi connectivity index (χ4v) is 1.02. The van der Waals surface area contributed by atoms with Crippen molar-refractivity contribution in [3.63, 3.8) is 0 Å². The monoisotopic (exact) mass is 215 g/mol. The summed E-state index contributed by atoms with van der Waals surface area (Å²) in [6.45, 7) is 8.67. The van der Waals surface area contributed by atoms with Crippen molar-refractivity contribution >= 4 is 11.9 Å². The molecule has 0 aromatic rings. The molecular weight excluding hydrogens is 194 g/mol. The highest BCUT2D eigenvalue weighted by Crippen LogP contribution is 2.25. The van der Waals surface area contributed by atoms with Crippen molar-refractivity contribution in [1.82, 2.24) is 4.90 Å². The van der Waals surface area contributed by atoms with Gasteiger partial charge in [0.15, 0.2) is 0 Å². The van der Waals surface area contributed by atoms with Gasteiger partial charge in [-0.05, 0) is 34.1 Å². The second-order valence-electron chi connectivity index (χ2n) is 4.96. The van der Waals surface area contributed by atoms with Crippen molar-refractivity contribution < 1.29 is 14.7 Å². The number of rotatable bonds is 4. The van der Waals surface area contributed by atoms with E-state index in [2.05, 4.69) is 0 Å². The van der Waals surface area contributed by atoms with Crippen LogP contribution in [0.1, 0.15) is 41.0 Å². The fraction of sp³-hybridized carbons (Fsp3) is 0.818. The summed E-state index contributed by atoms with van der Waals surface area (Å²) >= 11 is 0. The maximum atomic E-state index is 12.0. The summed E-state index contributed by atoms with van der Waals surface area (Å²) < 4.78 is 0. The topological polar surface area (TPSA) is 57.6 Å². The predicted molar refractivity (Wildman–Crippen MR) is 58.6 cm³/mol. The smallest absolute Gasteiger partial charge is 0.318 e. The number of amides is 1. The molecule has 4 nitrogen and oxygen atoms in total. The second-order valence-corrected chi connectivity index (χ2v) is 4.96. The minimum atomic E-state index is -1.36. The van der Waals surface area contributed by atoms with Crippen LogP contribution in [0.25, 0.3) is 0 Å². The number of hydrogen-bond donors (Lipinski definition) is 1. The van der Waals surface area contributed by atoms with E-state index in [-0.39, 0.29) is 11.4 Å². The van der Waals surface area contributed by atoms with Gasteiger partial charge in [-0.15, -0.1) is 0 Å². The van der Waals surface area contributed by atoms with Crippen molar-refractivity contribution in [3.8, 4) is 0 Å². The molecule has 0 aliphatic carbocycles. The third-order valence-electron chi connectivity index (χ3n) is 3.15. The molecular formula is C11H21NO3. The zero-order chi connectivity index (χ0) is 12.4. The van der Waals surface area contributed by atoms with Crippen LogP contribution in [0.3, 0.4) is 0 Å². The molecule has 0 aromatic heterocycles. The van der Waals surface area contributed by atoms with Crippen LogP contribution in [-0.2, 0) is 9.59 Å². The van der Waals surface area contributed by atoms with Gasteiger partial charge in [-0.25, -0.2) is 0 Å². The lowest BCUT2D eigenvalue weighted by atomic mass is 9.89. The molecule has 15 heavy (non-hydrogen) atoms. The van der Waals surface area contributed by atoms with Crippen molar-refractivity contribution in [2.24, 2.45) is 5.41 Å². The number of carbonyl (C=O) groups excluding carboxylic acids is 1. The Labute approximate surface area is 91.3 Å². The molecule has 0 rings (SSSR count). The van der Waals surface area contributed by atoms with E-state index in [1.54, 1.807) is 7.05 Å². The highest BCUT2D eigenvalue weighted by Gasteiger charge is 2.41. The third-order valence-corrected chi connectivity index (χ3v) is 3.15. The highest BCUT2D eigenvalue weighted by atomic mass is 16.4. The standard InChI is InChI=1S/C11H21NO3/c1-7-10(2,3)12(6)8(13)11(4,5)9(14)15/h7H2,1-6H3,(H,14,15). The molecule has 1 N–H and O–H groups in total. The van der Waals surface area contributed by atoms with Gasteiger partial charge >= 0.3 is 5.97 Å². The van der Waals surface area contributed by atoms with Gasteiger partial charge in [-0.1, -0.05) is 6.92 Å². The van der Waals surface area contributed by atoms with E-state index in [1.807, 2.05) is 20.8 Å². The van der Waals surface area contributed by atoms with Crippen LogP contribution in [0.2, 0.25) is 0 Å². The molecule has 0 fully saturated rings. The number of carboxylic acid groups (broad SMARTS) is 1. The maximum Gasteiger partial charge on any atom is 0.318 e. The Morgan fingerprint density at radius 1 is 1.20 bits per heavy atom. The minimum absolute atomic E-state index is 0.316. The Morgan fingerprint density at radius 2 is 1.60 bits per heavy atom. The largest absolute Gasteiger partial charge is 0.480 e. The predicted octanol–water partition coefficient (Wildman–Crippen LogP) is 1.74. The zero-order valence-corrected chi connectivity index (χ0v) is 10.4. The number of hydrogen-bond acceptors (Lipinski definition) is 2. The van der Waals surface area contributed by atoms with Crippen LogP contribution in [0.4, 0.5) is 0 Å². The van der Waals surface area contributed by atoms with Gasteiger partial charge < -0.3 is 10.0 Å². The van der Waals surface area contributed by atoms with E-state index in [0.29, 0.717) is 0 Å². The summed E-state index contributed by atoms with van der Waals surface area (Å²) in [6, 6.07) is 0. The lowest BCUT2D eigenvalue weighted by molar-refractivity contribution is -0.160. The summed E-state index contributed by atoms with van der Waals surface area (Å²) in [5.41, 5.74) is -1.68.